The second-order valence-corrected chi connectivity index (χ2v) is 6.30. The van der Waals surface area contributed by atoms with E-state index < -0.39 is 6.03 Å². The second kappa shape index (κ2) is 8.64. The van der Waals surface area contributed by atoms with Gasteiger partial charge >= 0.3 is 6.03 Å². The number of imide groups is 1. The summed E-state index contributed by atoms with van der Waals surface area (Å²) >= 11 is 1.44. The van der Waals surface area contributed by atoms with Gasteiger partial charge in [0.05, 0.1) is 11.4 Å². The fraction of sp³-hybridized carbons (Fsp3) is 0.533. The maximum absolute atomic E-state index is 12.2. The van der Waals surface area contributed by atoms with E-state index in [1.54, 1.807) is 4.90 Å². The molecule has 1 aromatic heterocycles. The number of urea groups is 1. The summed E-state index contributed by atoms with van der Waals surface area (Å²) < 4.78 is 0. The van der Waals surface area contributed by atoms with E-state index in [9.17, 15) is 14.4 Å². The minimum Gasteiger partial charge on any atom is -0.338 e. The molecule has 1 aromatic rings. The average Bonchev–Trinajstić information content (AvgIpc) is 3.07. The van der Waals surface area contributed by atoms with Gasteiger partial charge in [0.1, 0.15) is 0 Å². The van der Waals surface area contributed by atoms with Crippen LogP contribution in [0.4, 0.5) is 4.79 Å². The number of carbonyl (C=O) groups excluding carboxylic acids is 3. The van der Waals surface area contributed by atoms with Gasteiger partial charge in [-0.25, -0.2) is 4.79 Å². The number of hydrogen-bond acceptors (Lipinski definition) is 5. The molecule has 0 unspecified atom stereocenters. The molecule has 23 heavy (non-hydrogen) atoms. The van der Waals surface area contributed by atoms with Gasteiger partial charge in [0.25, 0.3) is 5.91 Å². The van der Waals surface area contributed by atoms with Crippen molar-refractivity contribution in [1.82, 2.24) is 20.4 Å². The summed E-state index contributed by atoms with van der Waals surface area (Å²) in [6.07, 6.45) is 0.821. The van der Waals surface area contributed by atoms with Crippen LogP contribution in [0.3, 0.4) is 0 Å². The predicted octanol–water partition coefficient (Wildman–Crippen LogP) is 0.742. The predicted molar refractivity (Wildman–Crippen MR) is 88.5 cm³/mol. The lowest BCUT2D eigenvalue weighted by atomic mass is 10.3. The fourth-order valence-electron chi connectivity index (χ4n) is 2.32. The van der Waals surface area contributed by atoms with E-state index >= 15 is 0 Å². The summed E-state index contributed by atoms with van der Waals surface area (Å²) in [6, 6.07) is 3.23. The van der Waals surface area contributed by atoms with Gasteiger partial charge in [-0.1, -0.05) is 13.0 Å². The van der Waals surface area contributed by atoms with Gasteiger partial charge in [-0.15, -0.1) is 11.3 Å². The zero-order valence-corrected chi connectivity index (χ0v) is 14.0. The smallest absolute Gasteiger partial charge is 0.321 e. The summed E-state index contributed by atoms with van der Waals surface area (Å²) in [6.45, 7) is 5.09. The molecule has 0 bridgehead atoms. The average molecular weight is 338 g/mol. The highest BCUT2D eigenvalue weighted by atomic mass is 32.1. The molecular formula is C15H22N4O3S. The first-order valence-corrected chi connectivity index (χ1v) is 8.61. The molecule has 0 spiro atoms. The monoisotopic (exact) mass is 338 g/mol. The van der Waals surface area contributed by atoms with Crippen molar-refractivity contribution < 1.29 is 14.4 Å². The molecular weight excluding hydrogens is 316 g/mol. The molecule has 2 N–H and O–H groups in total. The molecule has 0 aromatic carbocycles. The lowest BCUT2D eigenvalue weighted by molar-refractivity contribution is -0.121. The van der Waals surface area contributed by atoms with Crippen molar-refractivity contribution in [2.24, 2.45) is 0 Å². The van der Waals surface area contributed by atoms with Crippen LogP contribution < -0.4 is 10.6 Å². The Bertz CT molecular complexity index is 539. The van der Waals surface area contributed by atoms with Crippen LogP contribution in [0.5, 0.6) is 0 Å². The Balaban J connectivity index is 1.71. The molecule has 0 atom stereocenters. The van der Waals surface area contributed by atoms with Crippen molar-refractivity contribution in [2.45, 2.75) is 13.3 Å². The van der Waals surface area contributed by atoms with Gasteiger partial charge in [0.15, 0.2) is 0 Å². The topological polar surface area (TPSA) is 81.8 Å². The van der Waals surface area contributed by atoms with Gasteiger partial charge < -0.3 is 10.2 Å². The Morgan fingerprint density at radius 1 is 1.22 bits per heavy atom. The van der Waals surface area contributed by atoms with Crippen molar-refractivity contribution in [2.75, 3.05) is 39.3 Å². The molecule has 1 fully saturated rings. The molecule has 1 aliphatic rings. The van der Waals surface area contributed by atoms with Crippen LogP contribution in [0.2, 0.25) is 0 Å². The van der Waals surface area contributed by atoms with Crippen LogP contribution in [0.15, 0.2) is 17.5 Å². The third kappa shape index (κ3) is 5.33. The Kier molecular flexibility index (Phi) is 6.54. The quantitative estimate of drug-likeness (QED) is 0.830. The number of piperazine rings is 1. The molecule has 126 valence electrons. The normalized spacial score (nSPS) is 15.3. The van der Waals surface area contributed by atoms with E-state index in [1.165, 1.54) is 11.3 Å². The van der Waals surface area contributed by atoms with E-state index in [2.05, 4.69) is 10.6 Å². The number of thiophene rings is 1. The fourth-order valence-corrected chi connectivity index (χ4v) is 3.01. The number of carbonyl (C=O) groups is 3. The number of amides is 4. The number of nitrogens with one attached hydrogen (secondary N) is 2. The SMILES string of the molecule is CCCNC(=O)NC(=O)CN1CCN(C(=O)c2cccs2)CC1. The van der Waals surface area contributed by atoms with E-state index in [4.69, 9.17) is 0 Å². The minimum atomic E-state index is -0.455. The van der Waals surface area contributed by atoms with E-state index in [1.807, 2.05) is 29.3 Å². The van der Waals surface area contributed by atoms with Gasteiger partial charge in [-0.3, -0.25) is 19.8 Å². The lowest BCUT2D eigenvalue weighted by Gasteiger charge is -2.34. The van der Waals surface area contributed by atoms with Gasteiger partial charge in [-0.2, -0.15) is 0 Å². The molecule has 2 heterocycles. The summed E-state index contributed by atoms with van der Waals surface area (Å²) in [4.78, 5) is 39.9. The Labute approximate surface area is 139 Å². The van der Waals surface area contributed by atoms with Gasteiger partial charge in [0.2, 0.25) is 5.91 Å². The highest BCUT2D eigenvalue weighted by Gasteiger charge is 2.24. The third-order valence-corrected chi connectivity index (χ3v) is 4.41. The molecule has 0 saturated carbocycles. The van der Waals surface area contributed by atoms with Crippen LogP contribution in [0.25, 0.3) is 0 Å². The summed E-state index contributed by atoms with van der Waals surface area (Å²) in [5, 5.41) is 6.79. The molecule has 4 amide bonds. The molecule has 0 radical (unpaired) electrons. The van der Waals surface area contributed by atoms with Crippen molar-refractivity contribution in [1.29, 1.82) is 0 Å². The summed E-state index contributed by atoms with van der Waals surface area (Å²) in [5.74, 6) is -0.278. The van der Waals surface area contributed by atoms with E-state index in [-0.39, 0.29) is 18.4 Å². The molecule has 1 aliphatic heterocycles. The van der Waals surface area contributed by atoms with Crippen LogP contribution in [0.1, 0.15) is 23.0 Å². The first kappa shape index (κ1) is 17.4. The first-order valence-electron chi connectivity index (χ1n) is 7.73. The maximum atomic E-state index is 12.2. The van der Waals surface area contributed by atoms with Crippen molar-refractivity contribution in [3.05, 3.63) is 22.4 Å². The summed E-state index contributed by atoms with van der Waals surface area (Å²) in [7, 11) is 0. The lowest BCUT2D eigenvalue weighted by Crippen LogP contribution is -2.52. The van der Waals surface area contributed by atoms with Crippen LogP contribution in [-0.2, 0) is 4.79 Å². The van der Waals surface area contributed by atoms with Crippen LogP contribution in [-0.4, -0.2) is 66.9 Å². The highest BCUT2D eigenvalue weighted by Crippen LogP contribution is 2.13. The number of rotatable bonds is 5. The first-order chi connectivity index (χ1) is 11.1. The zero-order valence-electron chi connectivity index (χ0n) is 13.2. The van der Waals surface area contributed by atoms with Crippen molar-refractivity contribution in [3.63, 3.8) is 0 Å². The van der Waals surface area contributed by atoms with E-state index in [0.717, 1.165) is 11.3 Å². The minimum absolute atomic E-state index is 0.0445. The van der Waals surface area contributed by atoms with Crippen LogP contribution >= 0.6 is 11.3 Å². The number of hydrogen-bond donors (Lipinski definition) is 2. The Hall–Kier alpha value is -1.93. The standard InChI is InChI=1S/C15H22N4O3S/c1-2-5-16-15(22)17-13(20)11-18-6-8-19(9-7-18)14(21)12-4-3-10-23-12/h3-4,10H,2,5-9,11H2,1H3,(H2,16,17,20,22). The van der Waals surface area contributed by atoms with E-state index in [0.29, 0.717) is 32.7 Å². The molecule has 2 rings (SSSR count). The van der Waals surface area contributed by atoms with Crippen molar-refractivity contribution in [3.8, 4) is 0 Å². The molecule has 7 nitrogen and oxygen atoms in total. The summed E-state index contributed by atoms with van der Waals surface area (Å²) in [5.41, 5.74) is 0. The number of nitrogens with zero attached hydrogens (tertiary/aromatic N) is 2. The third-order valence-electron chi connectivity index (χ3n) is 3.55. The van der Waals surface area contributed by atoms with Gasteiger partial charge in [-0.05, 0) is 17.9 Å². The highest BCUT2D eigenvalue weighted by molar-refractivity contribution is 7.12. The maximum Gasteiger partial charge on any atom is 0.321 e. The Morgan fingerprint density at radius 3 is 2.57 bits per heavy atom. The molecule has 8 heteroatoms. The molecule has 1 saturated heterocycles. The van der Waals surface area contributed by atoms with Crippen molar-refractivity contribution >= 4 is 29.2 Å². The van der Waals surface area contributed by atoms with Gasteiger partial charge in [0, 0.05) is 32.7 Å². The largest absolute Gasteiger partial charge is 0.338 e. The second-order valence-electron chi connectivity index (χ2n) is 5.35. The van der Waals surface area contributed by atoms with Crippen LogP contribution in [0, 0.1) is 0 Å². The zero-order chi connectivity index (χ0) is 16.7. The molecule has 0 aliphatic carbocycles. The Morgan fingerprint density at radius 2 is 1.96 bits per heavy atom.